The van der Waals surface area contributed by atoms with Gasteiger partial charge in [-0.25, -0.2) is 0 Å². The van der Waals surface area contributed by atoms with Crippen LogP contribution in [0.5, 0.6) is 5.75 Å². The Bertz CT molecular complexity index is 460. The van der Waals surface area contributed by atoms with E-state index in [-0.39, 0.29) is 18.0 Å². The Morgan fingerprint density at radius 2 is 2.17 bits per heavy atom. The number of benzene rings is 1. The van der Waals surface area contributed by atoms with Crippen LogP contribution in [0.15, 0.2) is 18.2 Å². The molecular formula is C13H19N3O2. The third-order valence-corrected chi connectivity index (χ3v) is 2.99. The highest BCUT2D eigenvalue weighted by Crippen LogP contribution is 2.32. The van der Waals surface area contributed by atoms with Gasteiger partial charge in [0.1, 0.15) is 5.75 Å². The molecule has 5 N–H and O–H groups in total. The lowest BCUT2D eigenvalue weighted by molar-refractivity contribution is -0.122. The molecule has 1 aliphatic rings. The fourth-order valence-corrected chi connectivity index (χ4v) is 1.99. The highest BCUT2D eigenvalue weighted by molar-refractivity contribution is 5.97. The third-order valence-electron chi connectivity index (χ3n) is 2.99. The molecule has 0 saturated carbocycles. The van der Waals surface area contributed by atoms with Crippen molar-refractivity contribution < 1.29 is 9.53 Å². The van der Waals surface area contributed by atoms with Gasteiger partial charge >= 0.3 is 0 Å². The van der Waals surface area contributed by atoms with Crippen LogP contribution in [0.2, 0.25) is 0 Å². The van der Waals surface area contributed by atoms with Gasteiger partial charge in [0.05, 0.1) is 5.69 Å². The average molecular weight is 249 g/mol. The molecule has 5 heteroatoms. The van der Waals surface area contributed by atoms with E-state index in [0.29, 0.717) is 17.9 Å². The summed E-state index contributed by atoms with van der Waals surface area (Å²) in [5.74, 6) is 0.541. The standard InChI is InChI=1S/C13H19N3O2/c1-7(14)5-10(15)9-3-4-12-11(6-9)16-13(17)8(2)18-12/h3-4,6-8,10H,5,14-15H2,1-2H3,(H,16,17). The minimum Gasteiger partial charge on any atom is -0.479 e. The zero-order chi connectivity index (χ0) is 13.3. The summed E-state index contributed by atoms with van der Waals surface area (Å²) in [6, 6.07) is 5.51. The molecule has 1 aromatic rings. The Kier molecular flexibility index (Phi) is 3.54. The lowest BCUT2D eigenvalue weighted by atomic mass is 10.00. The van der Waals surface area contributed by atoms with Crippen LogP contribution in [-0.4, -0.2) is 18.1 Å². The van der Waals surface area contributed by atoms with Gasteiger partial charge in [0.2, 0.25) is 0 Å². The number of carbonyl (C=O) groups excluding carboxylic acids is 1. The van der Waals surface area contributed by atoms with Gasteiger partial charge in [-0.15, -0.1) is 0 Å². The van der Waals surface area contributed by atoms with Crippen LogP contribution in [0.3, 0.4) is 0 Å². The molecule has 18 heavy (non-hydrogen) atoms. The second kappa shape index (κ2) is 4.96. The van der Waals surface area contributed by atoms with E-state index in [4.69, 9.17) is 16.2 Å². The molecule has 2 rings (SSSR count). The summed E-state index contributed by atoms with van der Waals surface area (Å²) in [4.78, 5) is 11.5. The molecule has 0 aliphatic carbocycles. The van der Waals surface area contributed by atoms with Crippen LogP contribution < -0.4 is 21.5 Å². The Balaban J connectivity index is 2.22. The Morgan fingerprint density at radius 1 is 1.44 bits per heavy atom. The molecule has 3 atom stereocenters. The van der Waals surface area contributed by atoms with Gasteiger partial charge in [-0.3, -0.25) is 4.79 Å². The molecular weight excluding hydrogens is 230 g/mol. The molecule has 3 unspecified atom stereocenters. The smallest absolute Gasteiger partial charge is 0.265 e. The van der Waals surface area contributed by atoms with Crippen molar-refractivity contribution in [1.82, 2.24) is 0 Å². The molecule has 1 amide bonds. The summed E-state index contributed by atoms with van der Waals surface area (Å²) < 4.78 is 5.48. The van der Waals surface area contributed by atoms with Crippen molar-refractivity contribution in [2.75, 3.05) is 5.32 Å². The van der Waals surface area contributed by atoms with E-state index < -0.39 is 6.10 Å². The third kappa shape index (κ3) is 2.63. The Morgan fingerprint density at radius 3 is 2.83 bits per heavy atom. The minimum absolute atomic E-state index is 0.0434. The van der Waals surface area contributed by atoms with Crippen LogP contribution in [0, 0.1) is 0 Å². The lowest BCUT2D eigenvalue weighted by Crippen LogP contribution is -2.34. The number of rotatable bonds is 3. The first-order valence-corrected chi connectivity index (χ1v) is 6.10. The number of hydrogen-bond acceptors (Lipinski definition) is 4. The second-order valence-corrected chi connectivity index (χ2v) is 4.82. The van der Waals surface area contributed by atoms with E-state index >= 15 is 0 Å². The number of nitrogens with two attached hydrogens (primary N) is 2. The molecule has 1 heterocycles. The molecule has 0 saturated heterocycles. The van der Waals surface area contributed by atoms with Gasteiger partial charge in [0.25, 0.3) is 5.91 Å². The van der Waals surface area contributed by atoms with Crippen molar-refractivity contribution in [2.45, 2.75) is 38.5 Å². The maximum absolute atomic E-state index is 11.5. The van der Waals surface area contributed by atoms with E-state index in [0.717, 1.165) is 5.56 Å². The number of anilines is 1. The van der Waals surface area contributed by atoms with Crippen molar-refractivity contribution >= 4 is 11.6 Å². The summed E-state index contributed by atoms with van der Waals surface area (Å²) in [5.41, 5.74) is 13.4. The first-order chi connectivity index (χ1) is 8.47. The Labute approximate surface area is 106 Å². The normalized spacial score (nSPS) is 21.6. The molecule has 0 radical (unpaired) electrons. The van der Waals surface area contributed by atoms with Crippen molar-refractivity contribution in [2.24, 2.45) is 11.5 Å². The molecule has 0 aromatic heterocycles. The zero-order valence-electron chi connectivity index (χ0n) is 10.6. The maximum atomic E-state index is 11.5. The fraction of sp³-hybridized carbons (Fsp3) is 0.462. The lowest BCUT2D eigenvalue weighted by Gasteiger charge is -2.24. The van der Waals surface area contributed by atoms with Gasteiger partial charge < -0.3 is 21.5 Å². The highest BCUT2D eigenvalue weighted by Gasteiger charge is 2.24. The van der Waals surface area contributed by atoms with Crippen molar-refractivity contribution in [3.05, 3.63) is 23.8 Å². The number of carbonyl (C=O) groups is 1. The number of amides is 1. The number of ether oxygens (including phenoxy) is 1. The quantitative estimate of drug-likeness (QED) is 0.749. The topological polar surface area (TPSA) is 90.4 Å². The average Bonchev–Trinajstić information content (AvgIpc) is 2.29. The van der Waals surface area contributed by atoms with Crippen LogP contribution in [0.1, 0.15) is 31.9 Å². The first-order valence-electron chi connectivity index (χ1n) is 6.10. The molecule has 1 aliphatic heterocycles. The van der Waals surface area contributed by atoms with E-state index in [1.165, 1.54) is 0 Å². The highest BCUT2D eigenvalue weighted by atomic mass is 16.5. The predicted molar refractivity (Wildman–Crippen MR) is 70.4 cm³/mol. The second-order valence-electron chi connectivity index (χ2n) is 4.82. The van der Waals surface area contributed by atoms with Crippen LogP contribution in [-0.2, 0) is 4.79 Å². The predicted octanol–water partition coefficient (Wildman–Crippen LogP) is 1.14. The molecule has 0 fully saturated rings. The van der Waals surface area contributed by atoms with Gasteiger partial charge in [-0.2, -0.15) is 0 Å². The summed E-state index contributed by atoms with van der Waals surface area (Å²) >= 11 is 0. The number of hydrogen-bond donors (Lipinski definition) is 3. The number of fused-ring (bicyclic) bond motifs is 1. The van der Waals surface area contributed by atoms with Crippen LogP contribution in [0.4, 0.5) is 5.69 Å². The monoisotopic (exact) mass is 249 g/mol. The van der Waals surface area contributed by atoms with Gasteiger partial charge in [0.15, 0.2) is 6.10 Å². The summed E-state index contributed by atoms with van der Waals surface area (Å²) in [6.45, 7) is 3.64. The fourth-order valence-electron chi connectivity index (χ4n) is 1.99. The van der Waals surface area contributed by atoms with Crippen molar-refractivity contribution in [3.8, 4) is 5.75 Å². The van der Waals surface area contributed by atoms with Gasteiger partial charge in [0, 0.05) is 12.1 Å². The van der Waals surface area contributed by atoms with E-state index in [9.17, 15) is 4.79 Å². The zero-order valence-corrected chi connectivity index (χ0v) is 10.6. The largest absolute Gasteiger partial charge is 0.479 e. The minimum atomic E-state index is -0.457. The molecule has 1 aromatic carbocycles. The maximum Gasteiger partial charge on any atom is 0.265 e. The molecule has 0 spiro atoms. The molecule has 0 bridgehead atoms. The summed E-state index contributed by atoms with van der Waals surface area (Å²) in [7, 11) is 0. The SMILES string of the molecule is CC(N)CC(N)c1ccc2c(c1)NC(=O)C(C)O2. The van der Waals surface area contributed by atoms with Crippen molar-refractivity contribution in [1.29, 1.82) is 0 Å². The van der Waals surface area contributed by atoms with Gasteiger partial charge in [-0.1, -0.05) is 6.07 Å². The van der Waals surface area contributed by atoms with E-state index in [1.807, 2.05) is 25.1 Å². The molecule has 5 nitrogen and oxygen atoms in total. The Hall–Kier alpha value is -1.59. The van der Waals surface area contributed by atoms with Crippen LogP contribution >= 0.6 is 0 Å². The summed E-state index contributed by atoms with van der Waals surface area (Å²) in [6.07, 6.45) is 0.241. The van der Waals surface area contributed by atoms with Crippen LogP contribution in [0.25, 0.3) is 0 Å². The van der Waals surface area contributed by atoms with Gasteiger partial charge in [-0.05, 0) is 38.0 Å². The van der Waals surface area contributed by atoms with E-state index in [1.54, 1.807) is 6.92 Å². The molecule has 98 valence electrons. The first kappa shape index (κ1) is 12.9. The van der Waals surface area contributed by atoms with E-state index in [2.05, 4.69) is 5.32 Å². The number of nitrogens with one attached hydrogen (secondary N) is 1. The summed E-state index contributed by atoms with van der Waals surface area (Å²) in [5, 5.41) is 2.81. The van der Waals surface area contributed by atoms with Crippen molar-refractivity contribution in [3.63, 3.8) is 0 Å².